The van der Waals surface area contributed by atoms with E-state index in [1.807, 2.05) is 0 Å². The van der Waals surface area contributed by atoms with Gasteiger partial charge in [0, 0.05) is 18.0 Å². The Kier molecular flexibility index (Phi) is 5.12. The van der Waals surface area contributed by atoms with E-state index in [0.717, 1.165) is 12.1 Å². The SMILES string of the molecule is COc1ccc([C@@H]2CC(=O)N(c3ccc(C(F)(F)F)cc3)C3=C2C(=O)OC3)cc1OC. The molecule has 1 atom stereocenters. The third-order valence-corrected chi connectivity index (χ3v) is 5.38. The van der Waals surface area contributed by atoms with E-state index in [1.54, 1.807) is 18.2 Å². The van der Waals surface area contributed by atoms with Crippen LogP contribution in [-0.4, -0.2) is 32.7 Å². The van der Waals surface area contributed by atoms with Crippen molar-refractivity contribution in [1.29, 1.82) is 0 Å². The van der Waals surface area contributed by atoms with E-state index in [4.69, 9.17) is 14.2 Å². The largest absolute Gasteiger partial charge is 0.493 e. The Balaban J connectivity index is 1.76. The van der Waals surface area contributed by atoms with Crippen LogP contribution >= 0.6 is 0 Å². The van der Waals surface area contributed by atoms with Gasteiger partial charge in [-0.25, -0.2) is 4.79 Å². The third-order valence-electron chi connectivity index (χ3n) is 5.38. The molecule has 9 heteroatoms. The molecule has 0 N–H and O–H groups in total. The molecule has 0 aromatic heterocycles. The first-order valence-electron chi connectivity index (χ1n) is 9.37. The second-order valence-corrected chi connectivity index (χ2v) is 7.08. The van der Waals surface area contributed by atoms with Crippen LogP contribution in [0.4, 0.5) is 18.9 Å². The van der Waals surface area contributed by atoms with Crippen molar-refractivity contribution < 1.29 is 37.0 Å². The lowest BCUT2D eigenvalue weighted by atomic mass is 9.84. The number of nitrogens with zero attached hydrogens (tertiary/aromatic N) is 1. The molecule has 31 heavy (non-hydrogen) atoms. The molecule has 1 amide bonds. The molecule has 4 rings (SSSR count). The van der Waals surface area contributed by atoms with Crippen molar-refractivity contribution in [3.8, 4) is 11.5 Å². The molecule has 0 bridgehead atoms. The van der Waals surface area contributed by atoms with Crippen molar-refractivity contribution in [2.75, 3.05) is 25.7 Å². The summed E-state index contributed by atoms with van der Waals surface area (Å²) in [6, 6.07) is 9.35. The first-order chi connectivity index (χ1) is 14.7. The number of rotatable bonds is 4. The average molecular weight is 433 g/mol. The number of hydrogen-bond donors (Lipinski definition) is 0. The van der Waals surface area contributed by atoms with Crippen LogP contribution in [0, 0.1) is 0 Å². The van der Waals surface area contributed by atoms with Crippen LogP contribution in [-0.2, 0) is 20.5 Å². The van der Waals surface area contributed by atoms with Gasteiger partial charge in [-0.05, 0) is 42.0 Å². The van der Waals surface area contributed by atoms with Crippen LogP contribution in [0.3, 0.4) is 0 Å². The Bertz CT molecular complexity index is 1080. The number of anilines is 1. The number of amides is 1. The first-order valence-corrected chi connectivity index (χ1v) is 9.37. The molecule has 0 fully saturated rings. The Morgan fingerprint density at radius 1 is 1.00 bits per heavy atom. The van der Waals surface area contributed by atoms with Crippen LogP contribution in [0.1, 0.15) is 23.5 Å². The lowest BCUT2D eigenvalue weighted by Gasteiger charge is -2.32. The van der Waals surface area contributed by atoms with Crippen molar-refractivity contribution in [3.05, 3.63) is 64.9 Å². The van der Waals surface area contributed by atoms with Crippen molar-refractivity contribution in [3.63, 3.8) is 0 Å². The standard InChI is InChI=1S/C22H18F3NO5/c1-29-17-8-3-12(9-18(17)30-2)15-10-19(27)26(16-11-31-21(28)20(15)16)14-6-4-13(5-7-14)22(23,24)25/h3-9,15H,10-11H2,1-2H3/t15-/m0/s1. The average Bonchev–Trinajstić information content (AvgIpc) is 3.13. The van der Waals surface area contributed by atoms with E-state index >= 15 is 0 Å². The van der Waals surface area contributed by atoms with Crippen molar-refractivity contribution >= 4 is 17.6 Å². The summed E-state index contributed by atoms with van der Waals surface area (Å²) in [5.74, 6) is -0.520. The van der Waals surface area contributed by atoms with E-state index in [0.29, 0.717) is 28.3 Å². The number of carbonyl (C=O) groups excluding carboxylic acids is 2. The monoisotopic (exact) mass is 433 g/mol. The minimum Gasteiger partial charge on any atom is -0.493 e. The molecule has 0 unspecified atom stereocenters. The van der Waals surface area contributed by atoms with Crippen LogP contribution in [0.2, 0.25) is 0 Å². The highest BCUT2D eigenvalue weighted by atomic mass is 19.4. The van der Waals surface area contributed by atoms with E-state index in [1.165, 1.54) is 31.3 Å². The summed E-state index contributed by atoms with van der Waals surface area (Å²) >= 11 is 0. The van der Waals surface area contributed by atoms with E-state index < -0.39 is 23.6 Å². The summed E-state index contributed by atoms with van der Waals surface area (Å²) in [6.07, 6.45) is -4.54. The van der Waals surface area contributed by atoms with Gasteiger partial charge in [0.2, 0.25) is 5.91 Å². The number of benzene rings is 2. The molecule has 0 aliphatic carbocycles. The molecule has 0 spiro atoms. The van der Waals surface area contributed by atoms with Crippen LogP contribution in [0.15, 0.2) is 53.7 Å². The number of hydrogen-bond acceptors (Lipinski definition) is 5. The lowest BCUT2D eigenvalue weighted by Crippen LogP contribution is -2.37. The summed E-state index contributed by atoms with van der Waals surface area (Å²) in [6.45, 7) is -0.134. The molecule has 2 aliphatic heterocycles. The third kappa shape index (κ3) is 3.60. The second kappa shape index (κ2) is 7.64. The number of esters is 1. The van der Waals surface area contributed by atoms with Gasteiger partial charge in [0.25, 0.3) is 0 Å². The summed E-state index contributed by atoms with van der Waals surface area (Å²) in [5, 5.41) is 0. The van der Waals surface area contributed by atoms with Crippen LogP contribution in [0.25, 0.3) is 0 Å². The van der Waals surface area contributed by atoms with E-state index in [-0.39, 0.29) is 24.6 Å². The Labute approximate surface area is 175 Å². The van der Waals surface area contributed by atoms with E-state index in [9.17, 15) is 22.8 Å². The minimum atomic E-state index is -4.49. The molecular formula is C22H18F3NO5. The highest BCUT2D eigenvalue weighted by Crippen LogP contribution is 2.44. The van der Waals surface area contributed by atoms with Gasteiger partial charge in [0.05, 0.1) is 31.1 Å². The number of cyclic esters (lactones) is 1. The van der Waals surface area contributed by atoms with Gasteiger partial charge in [-0.2, -0.15) is 13.2 Å². The highest BCUT2D eigenvalue weighted by molar-refractivity contribution is 6.06. The molecule has 2 aromatic rings. The van der Waals surface area contributed by atoms with Gasteiger partial charge in [-0.15, -0.1) is 0 Å². The summed E-state index contributed by atoms with van der Waals surface area (Å²) in [5.41, 5.74) is 0.739. The maximum Gasteiger partial charge on any atom is 0.416 e. The summed E-state index contributed by atoms with van der Waals surface area (Å²) < 4.78 is 54.4. The lowest BCUT2D eigenvalue weighted by molar-refractivity contribution is -0.138. The number of ether oxygens (including phenoxy) is 3. The molecule has 0 radical (unpaired) electrons. The van der Waals surface area contributed by atoms with Crippen LogP contribution < -0.4 is 14.4 Å². The number of methoxy groups -OCH3 is 2. The predicted molar refractivity (Wildman–Crippen MR) is 104 cm³/mol. The summed E-state index contributed by atoms with van der Waals surface area (Å²) in [7, 11) is 2.98. The number of halogens is 3. The normalized spacial score (nSPS) is 18.7. The van der Waals surface area contributed by atoms with Gasteiger partial charge >= 0.3 is 12.1 Å². The number of carbonyl (C=O) groups is 2. The van der Waals surface area contributed by atoms with Gasteiger partial charge in [0.15, 0.2) is 11.5 Å². The second-order valence-electron chi connectivity index (χ2n) is 7.08. The zero-order valence-corrected chi connectivity index (χ0v) is 16.7. The van der Waals surface area contributed by atoms with Gasteiger partial charge in [-0.3, -0.25) is 9.69 Å². The quantitative estimate of drug-likeness (QED) is 0.681. The Hall–Kier alpha value is -3.49. The predicted octanol–water partition coefficient (Wildman–Crippen LogP) is 4.05. The molecule has 0 saturated carbocycles. The smallest absolute Gasteiger partial charge is 0.416 e. The van der Waals surface area contributed by atoms with Crippen molar-refractivity contribution in [2.24, 2.45) is 0 Å². The minimum absolute atomic E-state index is 0.0512. The molecule has 0 saturated heterocycles. The van der Waals surface area contributed by atoms with Crippen LogP contribution in [0.5, 0.6) is 11.5 Å². The maximum absolute atomic E-state index is 13.0. The summed E-state index contributed by atoms with van der Waals surface area (Å²) in [4.78, 5) is 26.8. The van der Waals surface area contributed by atoms with Crippen molar-refractivity contribution in [1.82, 2.24) is 0 Å². The van der Waals surface area contributed by atoms with Gasteiger partial charge in [-0.1, -0.05) is 6.07 Å². The fourth-order valence-electron chi connectivity index (χ4n) is 3.91. The molecule has 2 aliphatic rings. The zero-order valence-electron chi connectivity index (χ0n) is 16.7. The highest BCUT2D eigenvalue weighted by Gasteiger charge is 2.43. The molecular weight excluding hydrogens is 415 g/mol. The van der Waals surface area contributed by atoms with Gasteiger partial charge < -0.3 is 14.2 Å². The Morgan fingerprint density at radius 2 is 1.68 bits per heavy atom. The fourth-order valence-corrected chi connectivity index (χ4v) is 3.91. The molecule has 162 valence electrons. The fraction of sp³-hybridized carbons (Fsp3) is 0.273. The molecule has 2 heterocycles. The Morgan fingerprint density at radius 3 is 2.29 bits per heavy atom. The first kappa shape index (κ1) is 20.8. The van der Waals surface area contributed by atoms with Crippen molar-refractivity contribution in [2.45, 2.75) is 18.5 Å². The maximum atomic E-state index is 13.0. The molecule has 6 nitrogen and oxygen atoms in total. The zero-order chi connectivity index (χ0) is 22.3. The topological polar surface area (TPSA) is 65.1 Å². The van der Waals surface area contributed by atoms with Gasteiger partial charge in [0.1, 0.15) is 6.61 Å². The number of alkyl halides is 3. The molecule has 2 aromatic carbocycles. The van der Waals surface area contributed by atoms with E-state index in [2.05, 4.69) is 0 Å².